The standard InChI is InChI=1S/C40H42Cl2N6O4/c1-51-39-25(21-45-17-19-47-27(23-45)11-15-35(47)49)9-13-33(43-39)31-7-3-5-29(37(31)41)30-6-4-8-32(38(30)42)34-14-10-26(40(44-34)52-2)22-46-18-20-48-28(24-46)12-16-36(48)50/h3-10,13-14,27-28H,11-12,15-24H2,1-2H3/t27-,28-/m0/s1. The van der Waals surface area contributed by atoms with Crippen molar-refractivity contribution in [3.8, 4) is 45.4 Å². The Morgan fingerprint density at radius 1 is 0.615 bits per heavy atom. The van der Waals surface area contributed by atoms with Crippen LogP contribution in [0.2, 0.25) is 10.0 Å². The number of fused-ring (bicyclic) bond motifs is 2. The lowest BCUT2D eigenvalue weighted by molar-refractivity contribution is -0.131. The number of ether oxygens (including phenoxy) is 2. The number of carbonyl (C=O) groups is 2. The molecular formula is C40H42Cl2N6O4. The molecule has 52 heavy (non-hydrogen) atoms. The highest BCUT2D eigenvalue weighted by Crippen LogP contribution is 2.42. The van der Waals surface area contributed by atoms with Crippen LogP contribution in [0.15, 0.2) is 60.7 Å². The zero-order valence-electron chi connectivity index (χ0n) is 29.5. The van der Waals surface area contributed by atoms with Gasteiger partial charge in [0, 0.05) is 111 Å². The Labute approximate surface area is 314 Å². The van der Waals surface area contributed by atoms with E-state index in [1.165, 1.54) is 0 Å². The molecule has 0 bridgehead atoms. The van der Waals surface area contributed by atoms with Gasteiger partial charge in [0.2, 0.25) is 23.6 Å². The highest BCUT2D eigenvalue weighted by atomic mass is 35.5. The van der Waals surface area contributed by atoms with Gasteiger partial charge in [-0.05, 0) is 25.0 Å². The van der Waals surface area contributed by atoms with Gasteiger partial charge >= 0.3 is 0 Å². The monoisotopic (exact) mass is 740 g/mol. The van der Waals surface area contributed by atoms with Gasteiger partial charge in [-0.15, -0.1) is 0 Å². The van der Waals surface area contributed by atoms with Crippen molar-refractivity contribution in [2.75, 3.05) is 53.5 Å². The van der Waals surface area contributed by atoms with Crippen LogP contribution in [0.5, 0.6) is 11.8 Å². The second-order valence-electron chi connectivity index (χ2n) is 14.1. The Morgan fingerprint density at radius 2 is 1.04 bits per heavy atom. The molecular weight excluding hydrogens is 699 g/mol. The molecule has 4 aliphatic rings. The lowest BCUT2D eigenvalue weighted by Gasteiger charge is -2.37. The third-order valence-electron chi connectivity index (χ3n) is 11.0. The number of amides is 2. The van der Waals surface area contributed by atoms with Crippen LogP contribution in [0.25, 0.3) is 33.6 Å². The quantitative estimate of drug-likeness (QED) is 0.195. The fourth-order valence-electron chi connectivity index (χ4n) is 8.33. The van der Waals surface area contributed by atoms with E-state index in [1.807, 2.05) is 58.3 Å². The van der Waals surface area contributed by atoms with Gasteiger partial charge in [-0.1, -0.05) is 71.7 Å². The number of methoxy groups -OCH3 is 2. The first kappa shape index (κ1) is 34.8. The Morgan fingerprint density at radius 3 is 1.46 bits per heavy atom. The molecule has 0 saturated carbocycles. The summed E-state index contributed by atoms with van der Waals surface area (Å²) in [5, 5.41) is 1.08. The summed E-state index contributed by atoms with van der Waals surface area (Å²) in [5.74, 6) is 1.67. The molecule has 0 unspecified atom stereocenters. The first-order valence-electron chi connectivity index (χ1n) is 18.0. The number of piperazine rings is 2. The number of hydrogen-bond donors (Lipinski definition) is 0. The Bertz CT molecular complexity index is 1880. The molecule has 8 rings (SSSR count). The van der Waals surface area contributed by atoms with Crippen LogP contribution >= 0.6 is 23.2 Å². The van der Waals surface area contributed by atoms with Crippen molar-refractivity contribution in [3.63, 3.8) is 0 Å². The molecule has 2 aromatic heterocycles. The second-order valence-corrected chi connectivity index (χ2v) is 14.8. The number of rotatable bonds is 9. The summed E-state index contributed by atoms with van der Waals surface area (Å²) in [6, 6.07) is 20.4. The van der Waals surface area contributed by atoms with Crippen LogP contribution in [-0.2, 0) is 22.7 Å². The zero-order chi connectivity index (χ0) is 35.9. The number of benzene rings is 2. The van der Waals surface area contributed by atoms with Crippen molar-refractivity contribution in [2.45, 2.75) is 50.9 Å². The van der Waals surface area contributed by atoms with Gasteiger partial charge in [-0.2, -0.15) is 0 Å². The van der Waals surface area contributed by atoms with Crippen LogP contribution in [0, 0.1) is 0 Å². The molecule has 0 aliphatic carbocycles. The minimum absolute atomic E-state index is 0.275. The maximum absolute atomic E-state index is 12.2. The van der Waals surface area contributed by atoms with E-state index in [9.17, 15) is 9.59 Å². The Kier molecular flexibility index (Phi) is 9.82. The van der Waals surface area contributed by atoms with Gasteiger partial charge in [0.25, 0.3) is 0 Å². The van der Waals surface area contributed by atoms with Crippen LogP contribution in [-0.4, -0.2) is 107 Å². The molecule has 2 aromatic carbocycles. The van der Waals surface area contributed by atoms with Crippen molar-refractivity contribution < 1.29 is 19.1 Å². The number of nitrogens with zero attached hydrogens (tertiary/aromatic N) is 6. The Hall–Kier alpha value is -4.22. The van der Waals surface area contributed by atoms with Gasteiger partial charge in [0.1, 0.15) is 0 Å². The maximum atomic E-state index is 12.2. The first-order chi connectivity index (χ1) is 25.3. The van der Waals surface area contributed by atoms with Crippen molar-refractivity contribution >= 4 is 35.0 Å². The van der Waals surface area contributed by atoms with Crippen molar-refractivity contribution in [1.82, 2.24) is 29.6 Å². The smallest absolute Gasteiger partial charge is 0.222 e. The van der Waals surface area contributed by atoms with E-state index in [0.717, 1.165) is 85.5 Å². The number of hydrogen-bond acceptors (Lipinski definition) is 8. The molecule has 270 valence electrons. The van der Waals surface area contributed by atoms with E-state index in [0.29, 0.717) is 71.2 Å². The maximum Gasteiger partial charge on any atom is 0.222 e. The molecule has 0 radical (unpaired) electrons. The van der Waals surface area contributed by atoms with E-state index < -0.39 is 0 Å². The molecule has 4 aliphatic heterocycles. The number of halogens is 2. The Balaban J connectivity index is 1.02. The SMILES string of the molecule is COc1nc(-c2cccc(-c3cccc(-c4ccc(CN5CCN6C(=O)CC[C@H]6C5)c(OC)n4)c3Cl)c2Cl)ccc1CN1CCN2C(=O)CC[C@H]2C1. The van der Waals surface area contributed by atoms with E-state index in [-0.39, 0.29) is 11.8 Å². The number of carbonyl (C=O) groups excluding carboxylic acids is 2. The fourth-order valence-corrected chi connectivity index (χ4v) is 8.98. The third-order valence-corrected chi connectivity index (χ3v) is 11.9. The minimum Gasteiger partial charge on any atom is -0.481 e. The van der Waals surface area contributed by atoms with E-state index in [1.54, 1.807) is 14.2 Å². The molecule has 10 nitrogen and oxygen atoms in total. The number of aromatic nitrogens is 2. The van der Waals surface area contributed by atoms with Crippen molar-refractivity contribution in [3.05, 3.63) is 81.8 Å². The normalized spacial score (nSPS) is 20.7. The lowest BCUT2D eigenvalue weighted by atomic mass is 9.98. The first-order valence-corrected chi connectivity index (χ1v) is 18.8. The largest absolute Gasteiger partial charge is 0.481 e. The molecule has 4 aromatic rings. The van der Waals surface area contributed by atoms with Gasteiger partial charge in [0.05, 0.1) is 35.7 Å². The zero-order valence-corrected chi connectivity index (χ0v) is 31.0. The molecule has 4 fully saturated rings. The van der Waals surface area contributed by atoms with Crippen molar-refractivity contribution in [2.24, 2.45) is 0 Å². The van der Waals surface area contributed by atoms with Gasteiger partial charge in [-0.3, -0.25) is 19.4 Å². The molecule has 2 amide bonds. The van der Waals surface area contributed by atoms with Crippen LogP contribution in [0.1, 0.15) is 36.8 Å². The minimum atomic E-state index is 0.275. The van der Waals surface area contributed by atoms with Crippen LogP contribution in [0.3, 0.4) is 0 Å². The molecule has 0 spiro atoms. The highest BCUT2D eigenvalue weighted by Gasteiger charge is 2.37. The van der Waals surface area contributed by atoms with E-state index in [2.05, 4.69) is 21.9 Å². The topological polar surface area (TPSA) is 91.3 Å². The second kappa shape index (κ2) is 14.7. The average Bonchev–Trinajstić information content (AvgIpc) is 3.73. The summed E-state index contributed by atoms with van der Waals surface area (Å²) in [6.45, 7) is 6.31. The van der Waals surface area contributed by atoms with Crippen LogP contribution in [0.4, 0.5) is 0 Å². The van der Waals surface area contributed by atoms with Gasteiger partial charge in [0.15, 0.2) is 0 Å². The molecule has 2 atom stereocenters. The molecule has 4 saturated heterocycles. The van der Waals surface area contributed by atoms with E-state index in [4.69, 9.17) is 42.6 Å². The summed E-state index contributed by atoms with van der Waals surface area (Å²) >= 11 is 14.3. The van der Waals surface area contributed by atoms with E-state index >= 15 is 0 Å². The average molecular weight is 742 g/mol. The molecule has 6 heterocycles. The summed E-state index contributed by atoms with van der Waals surface area (Å²) in [5.41, 5.74) is 6.51. The third kappa shape index (κ3) is 6.62. The summed E-state index contributed by atoms with van der Waals surface area (Å²) in [6.07, 6.45) is 3.14. The van der Waals surface area contributed by atoms with Gasteiger partial charge in [-0.25, -0.2) is 9.97 Å². The summed E-state index contributed by atoms with van der Waals surface area (Å²) in [4.78, 5) is 42.9. The van der Waals surface area contributed by atoms with Crippen LogP contribution < -0.4 is 9.47 Å². The van der Waals surface area contributed by atoms with Crippen molar-refractivity contribution in [1.29, 1.82) is 0 Å². The predicted molar refractivity (Wildman–Crippen MR) is 201 cm³/mol. The highest BCUT2D eigenvalue weighted by molar-refractivity contribution is 6.39. The van der Waals surface area contributed by atoms with Gasteiger partial charge < -0.3 is 19.3 Å². The molecule has 0 N–H and O–H groups in total. The summed E-state index contributed by atoms with van der Waals surface area (Å²) < 4.78 is 11.6. The fraction of sp³-hybridized carbons (Fsp3) is 0.400. The number of pyridine rings is 2. The molecule has 12 heteroatoms. The predicted octanol–water partition coefficient (Wildman–Crippen LogP) is 6.41. The summed E-state index contributed by atoms with van der Waals surface area (Å²) in [7, 11) is 3.28. The lowest BCUT2D eigenvalue weighted by Crippen LogP contribution is -2.50.